The van der Waals surface area contributed by atoms with Crippen LogP contribution in [0.15, 0.2) is 64.2 Å². The van der Waals surface area contributed by atoms with E-state index in [0.717, 1.165) is 4.57 Å². The van der Waals surface area contributed by atoms with Crippen LogP contribution >= 0.6 is 0 Å². The fourth-order valence-electron chi connectivity index (χ4n) is 2.78. The zero-order valence-corrected chi connectivity index (χ0v) is 14.9. The zero-order chi connectivity index (χ0) is 19.6. The number of esters is 1. The molecule has 3 aromatic rings. The first-order valence-corrected chi connectivity index (χ1v) is 8.32. The summed E-state index contributed by atoms with van der Waals surface area (Å²) in [6.07, 6.45) is 0. The SMILES string of the molecule is CC(C)(C(=O)OCC(=O)c1ccccc1)n1c(=O)[nH]c2ccccc2c1=O. The van der Waals surface area contributed by atoms with E-state index in [9.17, 15) is 19.2 Å². The first-order valence-electron chi connectivity index (χ1n) is 8.32. The molecule has 0 aliphatic heterocycles. The molecule has 0 atom stereocenters. The van der Waals surface area contributed by atoms with Crippen molar-refractivity contribution < 1.29 is 14.3 Å². The Bertz CT molecular complexity index is 1130. The molecule has 7 heteroatoms. The summed E-state index contributed by atoms with van der Waals surface area (Å²) in [7, 11) is 0. The molecule has 1 aromatic heterocycles. The molecule has 2 aromatic carbocycles. The monoisotopic (exact) mass is 366 g/mol. The Hall–Kier alpha value is -3.48. The predicted molar refractivity (Wildman–Crippen MR) is 99.9 cm³/mol. The number of benzene rings is 2. The van der Waals surface area contributed by atoms with Crippen LogP contribution in [-0.2, 0) is 15.1 Å². The molecule has 0 aliphatic carbocycles. The summed E-state index contributed by atoms with van der Waals surface area (Å²) in [6, 6.07) is 14.9. The average molecular weight is 366 g/mol. The van der Waals surface area contributed by atoms with E-state index in [4.69, 9.17) is 4.74 Å². The Morgan fingerprint density at radius 1 is 1.00 bits per heavy atom. The second kappa shape index (κ2) is 7.03. The molecule has 0 spiro atoms. The van der Waals surface area contributed by atoms with E-state index in [2.05, 4.69) is 4.98 Å². The molecule has 0 saturated heterocycles. The summed E-state index contributed by atoms with van der Waals surface area (Å²) < 4.78 is 5.91. The van der Waals surface area contributed by atoms with Crippen molar-refractivity contribution in [2.45, 2.75) is 19.4 Å². The Labute approximate surface area is 154 Å². The molecule has 3 rings (SSSR count). The van der Waals surface area contributed by atoms with E-state index < -0.39 is 29.4 Å². The first-order chi connectivity index (χ1) is 12.8. The van der Waals surface area contributed by atoms with Gasteiger partial charge in [0.1, 0.15) is 5.54 Å². The van der Waals surface area contributed by atoms with Crippen molar-refractivity contribution in [3.05, 3.63) is 81.0 Å². The van der Waals surface area contributed by atoms with Crippen LogP contribution in [0.3, 0.4) is 0 Å². The molecule has 0 unspecified atom stereocenters. The maximum Gasteiger partial charge on any atom is 0.332 e. The van der Waals surface area contributed by atoms with Crippen LogP contribution in [0.5, 0.6) is 0 Å². The minimum atomic E-state index is -1.59. The number of hydrogen-bond donors (Lipinski definition) is 1. The Balaban J connectivity index is 1.89. The number of rotatable bonds is 5. The van der Waals surface area contributed by atoms with E-state index in [1.54, 1.807) is 54.6 Å². The van der Waals surface area contributed by atoms with Crippen molar-refractivity contribution in [1.82, 2.24) is 9.55 Å². The maximum atomic E-state index is 12.7. The van der Waals surface area contributed by atoms with E-state index in [1.165, 1.54) is 13.8 Å². The van der Waals surface area contributed by atoms with E-state index in [1.807, 2.05) is 0 Å². The lowest BCUT2D eigenvalue weighted by Gasteiger charge is -2.24. The fourth-order valence-corrected chi connectivity index (χ4v) is 2.78. The molecule has 7 nitrogen and oxygen atoms in total. The number of carbonyl (C=O) groups excluding carboxylic acids is 2. The van der Waals surface area contributed by atoms with Gasteiger partial charge >= 0.3 is 11.7 Å². The molecular formula is C20H18N2O5. The van der Waals surface area contributed by atoms with Gasteiger partial charge in [-0.1, -0.05) is 42.5 Å². The number of H-pyrrole nitrogens is 1. The molecule has 1 N–H and O–H groups in total. The van der Waals surface area contributed by atoms with Gasteiger partial charge in [0.25, 0.3) is 5.56 Å². The summed E-state index contributed by atoms with van der Waals surface area (Å²) in [5.74, 6) is -1.23. The van der Waals surface area contributed by atoms with Crippen molar-refractivity contribution in [3.63, 3.8) is 0 Å². The van der Waals surface area contributed by atoms with Crippen molar-refractivity contribution in [1.29, 1.82) is 0 Å². The van der Waals surface area contributed by atoms with Gasteiger partial charge in [0.2, 0.25) is 0 Å². The molecule has 27 heavy (non-hydrogen) atoms. The van der Waals surface area contributed by atoms with Crippen LogP contribution in [0.1, 0.15) is 24.2 Å². The second-order valence-corrected chi connectivity index (χ2v) is 6.54. The number of nitrogens with zero attached hydrogens (tertiary/aromatic N) is 1. The van der Waals surface area contributed by atoms with Gasteiger partial charge in [0.15, 0.2) is 12.4 Å². The third-order valence-electron chi connectivity index (χ3n) is 4.29. The number of carbonyl (C=O) groups is 2. The summed E-state index contributed by atoms with van der Waals surface area (Å²) in [5.41, 5.74) is -2.14. The molecule has 0 radical (unpaired) electrons. The lowest BCUT2D eigenvalue weighted by atomic mass is 10.1. The van der Waals surface area contributed by atoms with Crippen LogP contribution in [0.2, 0.25) is 0 Å². The number of ether oxygens (including phenoxy) is 1. The zero-order valence-electron chi connectivity index (χ0n) is 14.9. The van der Waals surface area contributed by atoms with Gasteiger partial charge in [-0.2, -0.15) is 0 Å². The number of para-hydroxylation sites is 1. The van der Waals surface area contributed by atoms with Gasteiger partial charge in [-0.3, -0.25) is 9.59 Å². The number of nitrogens with one attached hydrogen (secondary N) is 1. The Morgan fingerprint density at radius 3 is 2.33 bits per heavy atom. The normalized spacial score (nSPS) is 11.3. The average Bonchev–Trinajstić information content (AvgIpc) is 2.66. The predicted octanol–water partition coefficient (Wildman–Crippen LogP) is 1.85. The van der Waals surface area contributed by atoms with Crippen LogP contribution < -0.4 is 11.2 Å². The number of aromatic amines is 1. The molecule has 0 saturated carbocycles. The smallest absolute Gasteiger partial charge is 0.332 e. The summed E-state index contributed by atoms with van der Waals surface area (Å²) in [6.45, 7) is 2.31. The third kappa shape index (κ3) is 3.44. The molecule has 0 fully saturated rings. The Morgan fingerprint density at radius 2 is 1.63 bits per heavy atom. The highest BCUT2D eigenvalue weighted by Gasteiger charge is 2.35. The van der Waals surface area contributed by atoms with Gasteiger partial charge in [0.05, 0.1) is 10.9 Å². The minimum absolute atomic E-state index is 0.276. The highest BCUT2D eigenvalue weighted by Crippen LogP contribution is 2.15. The number of fused-ring (bicyclic) bond motifs is 1. The van der Waals surface area contributed by atoms with E-state index >= 15 is 0 Å². The van der Waals surface area contributed by atoms with Gasteiger partial charge in [0, 0.05) is 5.56 Å². The van der Waals surface area contributed by atoms with Crippen LogP contribution in [-0.4, -0.2) is 27.9 Å². The lowest BCUT2D eigenvalue weighted by molar-refractivity contribution is -0.151. The van der Waals surface area contributed by atoms with Gasteiger partial charge in [-0.25, -0.2) is 14.2 Å². The highest BCUT2D eigenvalue weighted by molar-refractivity contribution is 5.98. The molecule has 0 bridgehead atoms. The molecule has 138 valence electrons. The second-order valence-electron chi connectivity index (χ2n) is 6.54. The van der Waals surface area contributed by atoms with Crippen molar-refractivity contribution >= 4 is 22.7 Å². The summed E-state index contributed by atoms with van der Waals surface area (Å²) in [4.78, 5) is 52.4. The minimum Gasteiger partial charge on any atom is -0.456 e. The fraction of sp³-hybridized carbons (Fsp3) is 0.200. The van der Waals surface area contributed by atoms with Crippen molar-refractivity contribution in [2.75, 3.05) is 6.61 Å². The number of Topliss-reactive ketones (excluding diaryl/α,β-unsaturated/α-hetero) is 1. The van der Waals surface area contributed by atoms with Crippen LogP contribution in [0.4, 0.5) is 0 Å². The largest absolute Gasteiger partial charge is 0.456 e. The van der Waals surface area contributed by atoms with Crippen LogP contribution in [0.25, 0.3) is 10.9 Å². The first kappa shape index (κ1) is 18.3. The lowest BCUT2D eigenvalue weighted by Crippen LogP contribution is -2.51. The maximum absolute atomic E-state index is 12.7. The van der Waals surface area contributed by atoms with Crippen molar-refractivity contribution in [3.8, 4) is 0 Å². The number of aromatic nitrogens is 2. The highest BCUT2D eigenvalue weighted by atomic mass is 16.5. The molecule has 0 aliphatic rings. The quantitative estimate of drug-likeness (QED) is 0.549. The molecule has 0 amide bonds. The Kier molecular flexibility index (Phi) is 4.77. The van der Waals surface area contributed by atoms with Crippen LogP contribution in [0, 0.1) is 0 Å². The standard InChI is InChI=1S/C20H18N2O5/c1-20(2,18(25)27-12-16(23)13-8-4-3-5-9-13)22-17(24)14-10-6-7-11-15(14)21-19(22)26/h3-11H,12H2,1-2H3,(H,21,26). The topological polar surface area (TPSA) is 98.2 Å². The summed E-state index contributed by atoms with van der Waals surface area (Å²) in [5, 5.41) is 0.276. The third-order valence-corrected chi connectivity index (χ3v) is 4.29. The molecule has 1 heterocycles. The van der Waals surface area contributed by atoms with E-state index in [-0.39, 0.29) is 11.2 Å². The number of hydrogen-bond acceptors (Lipinski definition) is 5. The summed E-state index contributed by atoms with van der Waals surface area (Å²) >= 11 is 0. The van der Waals surface area contributed by atoms with E-state index in [0.29, 0.717) is 11.1 Å². The van der Waals surface area contributed by atoms with Gasteiger partial charge in [-0.05, 0) is 26.0 Å². The van der Waals surface area contributed by atoms with Crippen molar-refractivity contribution in [2.24, 2.45) is 0 Å². The number of ketones is 1. The van der Waals surface area contributed by atoms with Gasteiger partial charge in [-0.15, -0.1) is 0 Å². The molecular weight excluding hydrogens is 348 g/mol. The van der Waals surface area contributed by atoms with Gasteiger partial charge < -0.3 is 9.72 Å².